The number of guanidine groups is 1. The summed E-state index contributed by atoms with van der Waals surface area (Å²) in [7, 11) is 2.02. The second-order valence-electron chi connectivity index (χ2n) is 18.8. The van der Waals surface area contributed by atoms with Gasteiger partial charge < -0.3 is 81.2 Å². The molecule has 0 radical (unpaired) electrons. The fourth-order valence-electron chi connectivity index (χ4n) is 8.01. The molecule has 27 nitrogen and oxygen atoms in total. The number of hydrogen-bond acceptors (Lipinski definition) is 16. The molecule has 0 bridgehead atoms. The topological polar surface area (TPSA) is 455 Å². The lowest BCUT2D eigenvalue weighted by Gasteiger charge is -2.32. The van der Waals surface area contributed by atoms with Crippen LogP contribution < -0.4 is 66.3 Å². The summed E-state index contributed by atoms with van der Waals surface area (Å²) in [5.41, 5.74) is 34.1. The van der Waals surface area contributed by atoms with Crippen molar-refractivity contribution in [3.8, 4) is 5.75 Å². The highest BCUT2D eigenvalue weighted by Crippen LogP contribution is 2.26. The van der Waals surface area contributed by atoms with E-state index in [4.69, 9.17) is 34.4 Å². The molecule has 75 heavy (non-hydrogen) atoms. The van der Waals surface area contributed by atoms with Crippen LogP contribution in [-0.2, 0) is 59.2 Å². The average Bonchev–Trinajstić information content (AvgIpc) is 3.84. The third-order valence-corrected chi connectivity index (χ3v) is 14.6. The SMILES string of the molecule is CC[C@H](C)[C@@H]1NC(=O)[C@H](Cc2ccc(O)cc2)NC(=O)[C@@H](N)CSSC[C@@H](C(=O)N2CCC[C@H]2C(=O)N[C@@H](CC(C)C)C(=O)N(CCN=C(N)N)CC(N)=O)NC(=O)[C@H](CC(N)=O)NC(=O)[C@H](CCC(N)=O)NC1=O. The van der Waals surface area contributed by atoms with E-state index in [1.165, 1.54) is 29.2 Å². The van der Waals surface area contributed by atoms with Crippen LogP contribution in [0.1, 0.15) is 78.2 Å². The molecule has 0 aliphatic carbocycles. The smallest absolute Gasteiger partial charge is 0.246 e. The van der Waals surface area contributed by atoms with Crippen molar-refractivity contribution in [1.29, 1.82) is 0 Å². The van der Waals surface area contributed by atoms with Crippen LogP contribution in [0.3, 0.4) is 0 Å². The lowest BCUT2D eigenvalue weighted by molar-refractivity contribution is -0.143. The Morgan fingerprint density at radius 2 is 1.41 bits per heavy atom. The molecule has 0 spiro atoms. The molecule has 2 aliphatic rings. The zero-order valence-electron chi connectivity index (χ0n) is 42.5. The van der Waals surface area contributed by atoms with Crippen molar-refractivity contribution in [2.75, 3.05) is 37.7 Å². The third-order valence-electron chi connectivity index (χ3n) is 12.2. The van der Waals surface area contributed by atoms with Crippen molar-refractivity contribution in [3.63, 3.8) is 0 Å². The summed E-state index contributed by atoms with van der Waals surface area (Å²) < 4.78 is 0. The number of nitrogens with zero attached hydrogens (tertiary/aromatic N) is 3. The van der Waals surface area contributed by atoms with E-state index < -0.39 is 145 Å². The van der Waals surface area contributed by atoms with Crippen molar-refractivity contribution < 1.29 is 57.8 Å². The lowest BCUT2D eigenvalue weighted by Crippen LogP contribution is -2.61. The van der Waals surface area contributed by atoms with Crippen LogP contribution in [0.25, 0.3) is 0 Å². The van der Waals surface area contributed by atoms with Crippen molar-refractivity contribution in [2.45, 2.75) is 127 Å². The van der Waals surface area contributed by atoms with E-state index in [0.717, 1.165) is 26.5 Å². The number of phenolic OH excluding ortho intramolecular Hbond substituents is 1. The molecule has 11 amide bonds. The van der Waals surface area contributed by atoms with Gasteiger partial charge in [0.2, 0.25) is 65.0 Å². The van der Waals surface area contributed by atoms with Gasteiger partial charge in [-0.25, -0.2) is 0 Å². The molecule has 3 rings (SSSR count). The minimum absolute atomic E-state index is 0.0144. The number of likely N-dealkylation sites (tertiary alicyclic amines) is 1. The fraction of sp³-hybridized carbons (Fsp3) is 0.609. The van der Waals surface area contributed by atoms with E-state index in [9.17, 15) is 57.8 Å². The van der Waals surface area contributed by atoms with Gasteiger partial charge in [-0.2, -0.15) is 0 Å². The Bertz CT molecular complexity index is 2250. The number of aliphatic imine (C=N–C) groups is 1. The van der Waals surface area contributed by atoms with Crippen molar-refractivity contribution >= 4 is 92.5 Å². The maximum atomic E-state index is 14.7. The Labute approximate surface area is 442 Å². The van der Waals surface area contributed by atoms with Gasteiger partial charge in [0.05, 0.1) is 25.6 Å². The van der Waals surface area contributed by atoms with E-state index in [2.05, 4.69) is 36.9 Å². The highest BCUT2D eigenvalue weighted by atomic mass is 33.1. The molecular weight excluding hydrogens is 1020 g/mol. The number of phenols is 1. The summed E-state index contributed by atoms with van der Waals surface area (Å²) in [6.07, 6.45) is -0.901. The molecule has 2 saturated heterocycles. The summed E-state index contributed by atoms with van der Waals surface area (Å²) in [6.45, 7) is 6.30. The van der Waals surface area contributed by atoms with Gasteiger partial charge in [0.15, 0.2) is 5.96 Å². The Morgan fingerprint density at radius 3 is 2.01 bits per heavy atom. The van der Waals surface area contributed by atoms with E-state index in [1.54, 1.807) is 27.7 Å². The number of amides is 11. The normalized spacial score (nSPS) is 23.2. The Hall–Kier alpha value is -6.88. The summed E-state index contributed by atoms with van der Waals surface area (Å²) in [4.78, 5) is 156. The van der Waals surface area contributed by atoms with Crippen LogP contribution in [0.15, 0.2) is 29.3 Å². The van der Waals surface area contributed by atoms with Crippen molar-refractivity contribution in [3.05, 3.63) is 29.8 Å². The summed E-state index contributed by atoms with van der Waals surface area (Å²) >= 11 is 0. The number of nitrogens with one attached hydrogen (secondary N) is 6. The molecule has 0 saturated carbocycles. The van der Waals surface area contributed by atoms with Crippen molar-refractivity contribution in [2.24, 2.45) is 51.2 Å². The zero-order valence-corrected chi connectivity index (χ0v) is 44.2. The molecule has 2 fully saturated rings. The van der Waals surface area contributed by atoms with Gasteiger partial charge in [-0.1, -0.05) is 67.8 Å². The maximum absolute atomic E-state index is 14.7. The third kappa shape index (κ3) is 20.8. The van der Waals surface area contributed by atoms with Gasteiger partial charge in [0.1, 0.15) is 48.0 Å². The molecule has 9 atom stereocenters. The number of carbonyl (C=O) groups is 11. The molecule has 1 aromatic rings. The Morgan fingerprint density at radius 1 is 0.800 bits per heavy atom. The molecule has 2 aliphatic heterocycles. The van der Waals surface area contributed by atoms with Crippen LogP contribution in [0, 0.1) is 11.8 Å². The van der Waals surface area contributed by atoms with Crippen LogP contribution in [0.2, 0.25) is 0 Å². The molecular formula is C46H73N15O12S2. The Balaban J connectivity index is 2.06. The predicted molar refractivity (Wildman–Crippen MR) is 279 cm³/mol. The summed E-state index contributed by atoms with van der Waals surface area (Å²) in [5, 5.41) is 25.4. The zero-order chi connectivity index (χ0) is 56.1. The van der Waals surface area contributed by atoms with E-state index >= 15 is 0 Å². The number of aromatic hydroxyl groups is 1. The summed E-state index contributed by atoms with van der Waals surface area (Å²) in [5.74, 6) is -11.0. The molecule has 19 N–H and O–H groups in total. The van der Waals surface area contributed by atoms with Crippen LogP contribution in [-0.4, -0.2) is 172 Å². The van der Waals surface area contributed by atoms with Gasteiger partial charge in [0, 0.05) is 37.4 Å². The van der Waals surface area contributed by atoms with Gasteiger partial charge in [-0.15, -0.1) is 0 Å². The molecule has 1 aromatic carbocycles. The van der Waals surface area contributed by atoms with E-state index in [0.29, 0.717) is 18.4 Å². The number of benzene rings is 1. The minimum atomic E-state index is -1.78. The second-order valence-corrected chi connectivity index (χ2v) is 21.3. The molecule has 29 heteroatoms. The molecule has 0 aromatic heterocycles. The largest absolute Gasteiger partial charge is 0.508 e. The van der Waals surface area contributed by atoms with Crippen LogP contribution in [0.5, 0.6) is 5.75 Å². The first-order valence-corrected chi connectivity index (χ1v) is 26.9. The second kappa shape index (κ2) is 30.5. The first-order valence-electron chi connectivity index (χ1n) is 24.4. The number of hydrogen-bond donors (Lipinski definition) is 13. The number of carbonyl (C=O) groups excluding carboxylic acids is 11. The Kier molecular flexibility index (Phi) is 25.4. The van der Waals surface area contributed by atoms with Crippen molar-refractivity contribution in [1.82, 2.24) is 41.7 Å². The van der Waals surface area contributed by atoms with Gasteiger partial charge in [0.25, 0.3) is 0 Å². The lowest BCUT2D eigenvalue weighted by atomic mass is 9.96. The number of rotatable bonds is 20. The predicted octanol–water partition coefficient (Wildman–Crippen LogP) is -4.62. The standard InChI is InChI=1S/C46H73N15O12S2/c1-5-24(4)37-43(71)54-28(12-13-34(48)63)39(67)56-30(19-35(49)64)40(68)58-32(22-75-74-21-27(47)38(66)55-29(41(69)59-37)18-25-8-10-26(62)11-9-25)45(73)61-15-6-7-33(61)42(70)57-31(17-23(2)3)44(72)60(20-36(50)65)16-14-53-46(51)52/h8-11,23-24,27-33,37,62H,5-7,12-22,47H2,1-4H3,(H2,48,63)(H2,49,64)(H2,50,65)(H,54,71)(H,55,66)(H,56,67)(H,57,70)(H,58,68)(H,59,69)(H4,51,52,53)/t24-,27-,28-,29-,30-,31-,32-,33-,37-/m0/s1. The first kappa shape index (κ1) is 62.4. The number of primary amides is 3. The molecule has 0 unspecified atom stereocenters. The van der Waals surface area contributed by atoms with E-state index in [-0.39, 0.29) is 68.0 Å². The van der Waals surface area contributed by atoms with Gasteiger partial charge >= 0.3 is 0 Å². The highest BCUT2D eigenvalue weighted by Gasteiger charge is 2.41. The quantitative estimate of drug-likeness (QED) is 0.0332. The van der Waals surface area contributed by atoms with Gasteiger partial charge in [-0.3, -0.25) is 57.7 Å². The minimum Gasteiger partial charge on any atom is -0.508 e. The summed E-state index contributed by atoms with van der Waals surface area (Å²) in [6, 6.07) is -5.35. The maximum Gasteiger partial charge on any atom is 0.246 e. The van der Waals surface area contributed by atoms with E-state index in [1.807, 2.05) is 0 Å². The fourth-order valence-corrected chi connectivity index (χ4v) is 10.3. The average molecular weight is 1090 g/mol. The van der Waals surface area contributed by atoms with Crippen LogP contribution in [0.4, 0.5) is 0 Å². The highest BCUT2D eigenvalue weighted by molar-refractivity contribution is 8.76. The number of nitrogens with two attached hydrogens (primary N) is 6. The monoisotopic (exact) mass is 1090 g/mol. The van der Waals surface area contributed by atoms with Crippen LogP contribution >= 0.6 is 21.6 Å². The molecule has 416 valence electrons. The van der Waals surface area contributed by atoms with Gasteiger partial charge in [-0.05, 0) is 55.2 Å². The molecule has 2 heterocycles. The first-order chi connectivity index (χ1) is 35.3.